The lowest BCUT2D eigenvalue weighted by atomic mass is 9.95. The fourth-order valence-corrected chi connectivity index (χ4v) is 1.90. The number of ketones is 2. The van der Waals surface area contributed by atoms with Crippen LogP contribution in [-0.4, -0.2) is 11.6 Å². The van der Waals surface area contributed by atoms with E-state index in [9.17, 15) is 9.59 Å². The maximum absolute atomic E-state index is 11.4. The minimum atomic E-state index is -0.188. The molecule has 1 fully saturated rings. The monoisotopic (exact) mass is 182 g/mol. The van der Waals surface area contributed by atoms with Crippen LogP contribution < -0.4 is 0 Å². The van der Waals surface area contributed by atoms with Crippen molar-refractivity contribution < 1.29 is 9.59 Å². The molecular weight excluding hydrogens is 164 g/mol. The molecule has 1 aliphatic rings. The van der Waals surface area contributed by atoms with Crippen LogP contribution >= 0.6 is 0 Å². The summed E-state index contributed by atoms with van der Waals surface area (Å²) in [6.07, 6.45) is 5.23. The highest BCUT2D eigenvalue weighted by Crippen LogP contribution is 2.27. The number of hydrogen-bond acceptors (Lipinski definition) is 2. The predicted octanol–water partition coefficient (Wildman–Crippen LogP) is 2.36. The fourth-order valence-electron chi connectivity index (χ4n) is 1.90. The first-order chi connectivity index (χ1) is 6.11. The molecule has 1 aliphatic carbocycles. The molecule has 1 rings (SSSR count). The third kappa shape index (κ3) is 2.94. The molecule has 0 amide bonds. The Morgan fingerprint density at radius 3 is 2.23 bits per heavy atom. The molecule has 0 aromatic heterocycles. The van der Waals surface area contributed by atoms with E-state index in [1.54, 1.807) is 13.8 Å². The van der Waals surface area contributed by atoms with Gasteiger partial charge in [0, 0.05) is 12.3 Å². The summed E-state index contributed by atoms with van der Waals surface area (Å²) in [6, 6.07) is 0. The minimum Gasteiger partial charge on any atom is -0.291 e. The Balaban J connectivity index is 2.35. The van der Waals surface area contributed by atoms with Crippen LogP contribution in [0.4, 0.5) is 0 Å². The van der Waals surface area contributed by atoms with Gasteiger partial charge in [0.1, 0.15) is 0 Å². The van der Waals surface area contributed by atoms with Gasteiger partial charge < -0.3 is 0 Å². The van der Waals surface area contributed by atoms with Gasteiger partial charge in [-0.05, 0) is 5.92 Å². The third-order valence-electron chi connectivity index (χ3n) is 2.75. The molecule has 0 bridgehead atoms. The van der Waals surface area contributed by atoms with Crippen LogP contribution in [0.2, 0.25) is 0 Å². The number of carbonyl (C=O) groups is 2. The molecule has 0 heterocycles. The molecule has 74 valence electrons. The van der Waals surface area contributed by atoms with E-state index < -0.39 is 0 Å². The highest BCUT2D eigenvalue weighted by molar-refractivity contribution is 6.37. The Bertz CT molecular complexity index is 200. The normalized spacial score (nSPS) is 18.1. The number of hydrogen-bond donors (Lipinski definition) is 0. The summed E-state index contributed by atoms with van der Waals surface area (Å²) in [5, 5.41) is 0. The lowest BCUT2D eigenvalue weighted by Gasteiger charge is -2.07. The highest BCUT2D eigenvalue weighted by atomic mass is 16.2. The average Bonchev–Trinajstić information content (AvgIpc) is 2.55. The van der Waals surface area contributed by atoms with Crippen LogP contribution in [0.15, 0.2) is 0 Å². The van der Waals surface area contributed by atoms with Crippen LogP contribution in [0, 0.1) is 11.8 Å². The van der Waals surface area contributed by atoms with Gasteiger partial charge in [0.25, 0.3) is 0 Å². The van der Waals surface area contributed by atoms with Crippen molar-refractivity contribution in [2.45, 2.75) is 46.0 Å². The molecule has 13 heavy (non-hydrogen) atoms. The summed E-state index contributed by atoms with van der Waals surface area (Å²) < 4.78 is 0. The van der Waals surface area contributed by atoms with Crippen molar-refractivity contribution in [2.75, 3.05) is 0 Å². The first-order valence-electron chi connectivity index (χ1n) is 5.18. The molecule has 0 atom stereocenters. The van der Waals surface area contributed by atoms with Crippen molar-refractivity contribution in [3.8, 4) is 0 Å². The van der Waals surface area contributed by atoms with Crippen molar-refractivity contribution in [1.29, 1.82) is 0 Å². The molecule has 0 aliphatic heterocycles. The molecule has 0 saturated heterocycles. The average molecular weight is 182 g/mol. The van der Waals surface area contributed by atoms with E-state index >= 15 is 0 Å². The van der Waals surface area contributed by atoms with E-state index in [-0.39, 0.29) is 17.5 Å². The Kier molecular flexibility index (Phi) is 3.64. The SMILES string of the molecule is CC(C)C(=O)C(=O)CC1CCCC1. The lowest BCUT2D eigenvalue weighted by Crippen LogP contribution is -2.21. The molecule has 0 radical (unpaired) electrons. The van der Waals surface area contributed by atoms with Crippen molar-refractivity contribution in [1.82, 2.24) is 0 Å². The zero-order chi connectivity index (χ0) is 9.84. The summed E-state index contributed by atoms with van der Waals surface area (Å²) in [6.45, 7) is 3.57. The van der Waals surface area contributed by atoms with Crippen LogP contribution in [-0.2, 0) is 9.59 Å². The van der Waals surface area contributed by atoms with Crippen molar-refractivity contribution in [3.63, 3.8) is 0 Å². The van der Waals surface area contributed by atoms with Crippen molar-refractivity contribution in [2.24, 2.45) is 11.8 Å². The second-order valence-electron chi connectivity index (χ2n) is 4.30. The molecule has 2 heteroatoms. The van der Waals surface area contributed by atoms with E-state index in [2.05, 4.69) is 0 Å². The quantitative estimate of drug-likeness (QED) is 0.625. The van der Waals surface area contributed by atoms with E-state index in [1.165, 1.54) is 12.8 Å². The molecule has 1 saturated carbocycles. The van der Waals surface area contributed by atoms with Gasteiger partial charge in [0.05, 0.1) is 0 Å². The first kappa shape index (κ1) is 10.4. The number of Topliss-reactive ketones (excluding diaryl/α,β-unsaturated/α-hetero) is 2. The largest absolute Gasteiger partial charge is 0.291 e. The molecule has 0 unspecified atom stereocenters. The van der Waals surface area contributed by atoms with Crippen LogP contribution in [0.1, 0.15) is 46.0 Å². The number of rotatable bonds is 4. The molecule has 0 aromatic rings. The van der Waals surface area contributed by atoms with E-state index in [0.29, 0.717) is 12.3 Å². The lowest BCUT2D eigenvalue weighted by molar-refractivity contribution is -0.138. The zero-order valence-corrected chi connectivity index (χ0v) is 8.51. The van der Waals surface area contributed by atoms with Crippen molar-refractivity contribution >= 4 is 11.6 Å². The van der Waals surface area contributed by atoms with Gasteiger partial charge >= 0.3 is 0 Å². The van der Waals surface area contributed by atoms with Crippen LogP contribution in [0.5, 0.6) is 0 Å². The maximum Gasteiger partial charge on any atom is 0.200 e. The summed E-state index contributed by atoms with van der Waals surface area (Å²) in [4.78, 5) is 22.7. The van der Waals surface area contributed by atoms with Crippen LogP contribution in [0.3, 0.4) is 0 Å². The van der Waals surface area contributed by atoms with Crippen molar-refractivity contribution in [3.05, 3.63) is 0 Å². The van der Waals surface area contributed by atoms with E-state index in [0.717, 1.165) is 12.8 Å². The smallest absolute Gasteiger partial charge is 0.200 e. The van der Waals surface area contributed by atoms with Gasteiger partial charge in [-0.2, -0.15) is 0 Å². The molecule has 0 N–H and O–H groups in total. The molecule has 0 aromatic carbocycles. The second kappa shape index (κ2) is 4.54. The van der Waals surface area contributed by atoms with Gasteiger partial charge in [-0.15, -0.1) is 0 Å². The highest BCUT2D eigenvalue weighted by Gasteiger charge is 2.23. The molecule has 2 nitrogen and oxygen atoms in total. The van der Waals surface area contributed by atoms with Crippen LogP contribution in [0.25, 0.3) is 0 Å². The summed E-state index contributed by atoms with van der Waals surface area (Å²) in [5.74, 6) is 0.0258. The standard InChI is InChI=1S/C11H18O2/c1-8(2)11(13)10(12)7-9-5-3-4-6-9/h8-9H,3-7H2,1-2H3. The maximum atomic E-state index is 11.4. The van der Waals surface area contributed by atoms with Gasteiger partial charge in [-0.3, -0.25) is 9.59 Å². The summed E-state index contributed by atoms with van der Waals surface area (Å²) >= 11 is 0. The Hall–Kier alpha value is -0.660. The molecule has 0 spiro atoms. The van der Waals surface area contributed by atoms with E-state index in [4.69, 9.17) is 0 Å². The zero-order valence-electron chi connectivity index (χ0n) is 8.51. The minimum absolute atomic E-state index is 0.131. The third-order valence-corrected chi connectivity index (χ3v) is 2.75. The second-order valence-corrected chi connectivity index (χ2v) is 4.30. The Morgan fingerprint density at radius 1 is 1.23 bits per heavy atom. The van der Waals surface area contributed by atoms with Gasteiger partial charge in [0.2, 0.25) is 5.78 Å². The topological polar surface area (TPSA) is 34.1 Å². The fraction of sp³-hybridized carbons (Fsp3) is 0.818. The number of carbonyl (C=O) groups excluding carboxylic acids is 2. The Morgan fingerprint density at radius 2 is 1.77 bits per heavy atom. The van der Waals surface area contributed by atoms with E-state index in [1.807, 2.05) is 0 Å². The first-order valence-corrected chi connectivity index (χ1v) is 5.18. The summed E-state index contributed by atoms with van der Waals surface area (Å²) in [5.41, 5.74) is 0. The van der Waals surface area contributed by atoms with Gasteiger partial charge in [0.15, 0.2) is 5.78 Å². The molecular formula is C11H18O2. The Labute approximate surface area is 79.7 Å². The van der Waals surface area contributed by atoms with Gasteiger partial charge in [-0.25, -0.2) is 0 Å². The van der Waals surface area contributed by atoms with Gasteiger partial charge in [-0.1, -0.05) is 39.5 Å². The predicted molar refractivity (Wildman–Crippen MR) is 51.4 cm³/mol. The summed E-state index contributed by atoms with van der Waals surface area (Å²) in [7, 11) is 0.